The molecule has 2 aromatic rings. The smallest absolute Gasteiger partial charge is 0.246 e. The van der Waals surface area contributed by atoms with Crippen LogP contribution in [0.5, 0.6) is 0 Å². The molecule has 1 unspecified atom stereocenters. The first kappa shape index (κ1) is 14.9. The summed E-state index contributed by atoms with van der Waals surface area (Å²) in [5, 5.41) is 12.8. The summed E-state index contributed by atoms with van der Waals surface area (Å²) in [4.78, 5) is 11.5. The average Bonchev–Trinajstić information content (AvgIpc) is 2.55. The molecule has 0 saturated heterocycles. The van der Waals surface area contributed by atoms with Crippen molar-refractivity contribution in [3.8, 4) is 0 Å². The molecule has 22 heavy (non-hydrogen) atoms. The minimum Gasteiger partial charge on any atom is -0.356 e. The number of halogens is 1. The summed E-state index contributed by atoms with van der Waals surface area (Å²) < 4.78 is 0. The van der Waals surface area contributed by atoms with Crippen molar-refractivity contribution in [3.63, 3.8) is 0 Å². The van der Waals surface area contributed by atoms with Gasteiger partial charge in [0.05, 0.1) is 0 Å². The van der Waals surface area contributed by atoms with Crippen molar-refractivity contribution in [2.24, 2.45) is 5.92 Å². The topological polar surface area (TPSA) is 61.4 Å². The van der Waals surface area contributed by atoms with E-state index in [4.69, 9.17) is 16.8 Å². The largest absolute Gasteiger partial charge is 0.356 e. The fourth-order valence-corrected chi connectivity index (χ4v) is 2.97. The van der Waals surface area contributed by atoms with E-state index in [-0.39, 0.29) is 11.8 Å². The summed E-state index contributed by atoms with van der Waals surface area (Å²) in [6.07, 6.45) is 2.26. The molecule has 0 bridgehead atoms. The molecule has 0 aromatic heterocycles. The number of amides is 1. The molecule has 3 N–H and O–H groups in total. The molecular formula is C17H17ClN2O2. The number of hydrogen-bond donors (Lipinski definition) is 3. The summed E-state index contributed by atoms with van der Waals surface area (Å²) in [6, 6.07) is 13.7. The van der Waals surface area contributed by atoms with Crippen LogP contribution in [0.25, 0.3) is 0 Å². The Kier molecular flexibility index (Phi) is 4.32. The van der Waals surface area contributed by atoms with Crippen molar-refractivity contribution < 1.29 is 10.0 Å². The van der Waals surface area contributed by atoms with Gasteiger partial charge in [-0.1, -0.05) is 17.7 Å². The van der Waals surface area contributed by atoms with Crippen LogP contribution in [0.2, 0.25) is 5.02 Å². The molecule has 1 aliphatic carbocycles. The summed E-state index contributed by atoms with van der Waals surface area (Å²) in [7, 11) is 0. The Hall–Kier alpha value is -2.04. The van der Waals surface area contributed by atoms with Gasteiger partial charge in [-0.2, -0.15) is 0 Å². The number of hydroxylamine groups is 1. The highest BCUT2D eigenvalue weighted by Gasteiger charge is 2.24. The molecule has 0 heterocycles. The minimum atomic E-state index is -0.297. The van der Waals surface area contributed by atoms with Gasteiger partial charge in [-0.05, 0) is 66.8 Å². The van der Waals surface area contributed by atoms with Crippen molar-refractivity contribution in [1.29, 1.82) is 0 Å². The zero-order valence-electron chi connectivity index (χ0n) is 12.0. The molecule has 0 spiro atoms. The highest BCUT2D eigenvalue weighted by atomic mass is 35.5. The molecule has 0 aliphatic heterocycles. The number of anilines is 2. The van der Waals surface area contributed by atoms with E-state index in [1.165, 1.54) is 11.1 Å². The second-order valence-corrected chi connectivity index (χ2v) is 5.97. The van der Waals surface area contributed by atoms with Crippen LogP contribution in [0.1, 0.15) is 17.5 Å². The molecule has 4 nitrogen and oxygen atoms in total. The van der Waals surface area contributed by atoms with Gasteiger partial charge in [0, 0.05) is 22.3 Å². The van der Waals surface area contributed by atoms with Crippen LogP contribution in [0.4, 0.5) is 11.4 Å². The predicted molar refractivity (Wildman–Crippen MR) is 86.6 cm³/mol. The van der Waals surface area contributed by atoms with E-state index < -0.39 is 0 Å². The van der Waals surface area contributed by atoms with Gasteiger partial charge in [0.1, 0.15) is 0 Å². The van der Waals surface area contributed by atoms with Crippen molar-refractivity contribution in [2.75, 3.05) is 5.32 Å². The Balaban J connectivity index is 1.75. The third kappa shape index (κ3) is 3.24. The molecule has 2 aromatic carbocycles. The molecule has 0 fully saturated rings. The fraction of sp³-hybridized carbons (Fsp3) is 0.235. The van der Waals surface area contributed by atoms with Gasteiger partial charge in [0.15, 0.2) is 0 Å². The number of carbonyl (C=O) groups excluding carboxylic acids is 1. The number of nitrogens with one attached hydrogen (secondary N) is 2. The quantitative estimate of drug-likeness (QED) is 0.598. The lowest BCUT2D eigenvalue weighted by Gasteiger charge is -2.23. The molecule has 1 aliphatic rings. The van der Waals surface area contributed by atoms with Crippen LogP contribution in [0, 0.1) is 5.92 Å². The van der Waals surface area contributed by atoms with Gasteiger partial charge in [-0.3, -0.25) is 10.0 Å². The fourth-order valence-electron chi connectivity index (χ4n) is 2.85. The van der Waals surface area contributed by atoms with Crippen molar-refractivity contribution in [2.45, 2.75) is 19.3 Å². The molecule has 0 radical (unpaired) electrons. The van der Waals surface area contributed by atoms with Crippen LogP contribution in [0.15, 0.2) is 42.5 Å². The van der Waals surface area contributed by atoms with E-state index in [2.05, 4.69) is 11.4 Å². The summed E-state index contributed by atoms with van der Waals surface area (Å²) in [6.45, 7) is 0. The van der Waals surface area contributed by atoms with Crippen LogP contribution in [-0.2, 0) is 17.6 Å². The van der Waals surface area contributed by atoms with Crippen molar-refractivity contribution in [1.82, 2.24) is 5.48 Å². The van der Waals surface area contributed by atoms with Gasteiger partial charge in [0.25, 0.3) is 0 Å². The molecule has 5 heteroatoms. The lowest BCUT2D eigenvalue weighted by atomic mass is 9.83. The van der Waals surface area contributed by atoms with Gasteiger partial charge >= 0.3 is 0 Å². The van der Waals surface area contributed by atoms with E-state index in [1.807, 2.05) is 36.4 Å². The maximum absolute atomic E-state index is 11.5. The van der Waals surface area contributed by atoms with E-state index in [0.717, 1.165) is 24.2 Å². The monoisotopic (exact) mass is 316 g/mol. The second-order valence-electron chi connectivity index (χ2n) is 5.53. The lowest BCUT2D eigenvalue weighted by molar-refractivity contribution is -0.133. The number of hydrogen-bond acceptors (Lipinski definition) is 3. The second kappa shape index (κ2) is 6.38. The first-order chi connectivity index (χ1) is 10.7. The van der Waals surface area contributed by atoms with E-state index in [1.54, 1.807) is 5.48 Å². The third-order valence-corrected chi connectivity index (χ3v) is 4.30. The number of rotatable bonds is 3. The van der Waals surface area contributed by atoms with E-state index in [0.29, 0.717) is 11.4 Å². The summed E-state index contributed by atoms with van der Waals surface area (Å²) in [5.41, 5.74) is 6.17. The Labute approximate surface area is 134 Å². The van der Waals surface area contributed by atoms with Crippen molar-refractivity contribution >= 4 is 28.9 Å². The zero-order chi connectivity index (χ0) is 15.5. The summed E-state index contributed by atoms with van der Waals surface area (Å²) in [5.74, 6) is -0.443. The maximum Gasteiger partial charge on any atom is 0.246 e. The molecule has 3 rings (SSSR count). The Morgan fingerprint density at radius 2 is 1.82 bits per heavy atom. The van der Waals surface area contributed by atoms with Crippen LogP contribution < -0.4 is 10.8 Å². The highest BCUT2D eigenvalue weighted by molar-refractivity contribution is 6.30. The maximum atomic E-state index is 11.5. The van der Waals surface area contributed by atoms with E-state index in [9.17, 15) is 4.79 Å². The molecule has 114 valence electrons. The normalized spacial score (nSPS) is 16.7. The Morgan fingerprint density at radius 3 is 2.55 bits per heavy atom. The summed E-state index contributed by atoms with van der Waals surface area (Å²) >= 11 is 5.88. The van der Waals surface area contributed by atoms with Crippen LogP contribution in [-0.4, -0.2) is 11.1 Å². The van der Waals surface area contributed by atoms with Crippen molar-refractivity contribution in [3.05, 3.63) is 58.6 Å². The molecular weight excluding hydrogens is 300 g/mol. The molecule has 1 amide bonds. The first-order valence-electron chi connectivity index (χ1n) is 7.24. The Bertz CT molecular complexity index is 686. The van der Waals surface area contributed by atoms with Gasteiger partial charge in [0.2, 0.25) is 5.91 Å². The average molecular weight is 317 g/mol. The zero-order valence-corrected chi connectivity index (χ0v) is 12.7. The standard InChI is InChI=1S/C17H17ClN2O2/c18-14-4-7-15(8-5-14)19-16-6-3-11-9-13(17(21)20-22)2-1-12(11)10-16/h3-8,10,13,19,22H,1-2,9H2,(H,20,21). The predicted octanol–water partition coefficient (Wildman–Crippen LogP) is 3.69. The number of aryl methyl sites for hydroxylation is 1. The minimum absolute atomic E-state index is 0.146. The number of benzene rings is 2. The SMILES string of the molecule is O=C(NO)C1CCc2cc(Nc3ccc(Cl)cc3)ccc2C1. The molecule has 1 atom stereocenters. The van der Waals surface area contributed by atoms with E-state index >= 15 is 0 Å². The number of fused-ring (bicyclic) bond motifs is 1. The highest BCUT2D eigenvalue weighted by Crippen LogP contribution is 2.29. The third-order valence-electron chi connectivity index (χ3n) is 4.05. The van der Waals surface area contributed by atoms with Gasteiger partial charge in [-0.15, -0.1) is 0 Å². The van der Waals surface area contributed by atoms with Crippen LogP contribution in [0.3, 0.4) is 0 Å². The van der Waals surface area contributed by atoms with Gasteiger partial charge in [-0.25, -0.2) is 5.48 Å². The number of carbonyl (C=O) groups is 1. The lowest BCUT2D eigenvalue weighted by Crippen LogP contribution is -2.31. The first-order valence-corrected chi connectivity index (χ1v) is 7.62. The Morgan fingerprint density at radius 1 is 1.09 bits per heavy atom. The molecule has 0 saturated carbocycles. The van der Waals surface area contributed by atoms with Crippen LogP contribution >= 0.6 is 11.6 Å². The van der Waals surface area contributed by atoms with Gasteiger partial charge < -0.3 is 5.32 Å².